The molecule has 2 rings (SSSR count). The number of hydrogen-bond acceptors (Lipinski definition) is 4. The lowest BCUT2D eigenvalue weighted by atomic mass is 10.0. The summed E-state index contributed by atoms with van der Waals surface area (Å²) in [7, 11) is 0.633. The van der Waals surface area contributed by atoms with E-state index in [1.807, 2.05) is 50.2 Å². The van der Waals surface area contributed by atoms with Crippen molar-refractivity contribution in [1.82, 2.24) is 14.5 Å². The molecule has 1 aromatic rings. The third kappa shape index (κ3) is 4.78. The second kappa shape index (κ2) is 7.63. The monoisotopic (exact) mass is 353 g/mol. The van der Waals surface area contributed by atoms with Crippen molar-refractivity contribution in [2.75, 3.05) is 33.4 Å². The average Bonchev–Trinajstić information content (AvgIpc) is 2.46. The summed E-state index contributed by atoms with van der Waals surface area (Å²) in [6.07, 6.45) is 2.52. The minimum absolute atomic E-state index is 0.0164. The van der Waals surface area contributed by atoms with Crippen LogP contribution in [0.2, 0.25) is 0 Å². The molecule has 1 saturated heterocycles. The molecule has 0 unspecified atom stereocenters. The number of rotatable bonds is 5. The Kier molecular flexibility index (Phi) is 6.01. The van der Waals surface area contributed by atoms with E-state index in [0.29, 0.717) is 25.9 Å². The molecule has 1 atom stereocenters. The van der Waals surface area contributed by atoms with Crippen molar-refractivity contribution in [3.8, 4) is 0 Å². The first-order chi connectivity index (χ1) is 11.2. The van der Waals surface area contributed by atoms with E-state index in [-0.39, 0.29) is 18.0 Å². The Hall–Kier alpha value is -1.44. The molecule has 0 radical (unpaired) electrons. The summed E-state index contributed by atoms with van der Waals surface area (Å²) < 4.78 is 24.6. The molecule has 0 spiro atoms. The maximum atomic E-state index is 12.8. The standard InChI is InChI=1S/C17H27N3O3S/c1-13-6-5-7-14(12-13)16(19(2)3)17(21)18-15-8-10-20(11-9-15)24(4,22)23/h5-7,12,15-16H,8-11H2,1-4H3,(H,18,21)/t16-/m0/s1. The van der Waals surface area contributed by atoms with Gasteiger partial charge in [-0.05, 0) is 39.4 Å². The van der Waals surface area contributed by atoms with E-state index in [1.54, 1.807) is 0 Å². The summed E-state index contributed by atoms with van der Waals surface area (Å²) in [5, 5.41) is 3.09. The first kappa shape index (κ1) is 18.9. The van der Waals surface area contributed by atoms with Gasteiger partial charge in [0.15, 0.2) is 0 Å². The molecule has 1 fully saturated rings. The normalized spacial score (nSPS) is 18.5. The second-order valence-corrected chi connectivity index (χ2v) is 8.71. The van der Waals surface area contributed by atoms with Gasteiger partial charge in [-0.1, -0.05) is 29.8 Å². The van der Waals surface area contributed by atoms with Crippen molar-refractivity contribution in [1.29, 1.82) is 0 Å². The van der Waals surface area contributed by atoms with Crippen LogP contribution < -0.4 is 5.32 Å². The Morgan fingerprint density at radius 3 is 2.42 bits per heavy atom. The Morgan fingerprint density at radius 1 is 1.29 bits per heavy atom. The van der Waals surface area contributed by atoms with Gasteiger partial charge in [-0.2, -0.15) is 0 Å². The van der Waals surface area contributed by atoms with Crippen LogP contribution in [0.4, 0.5) is 0 Å². The highest BCUT2D eigenvalue weighted by atomic mass is 32.2. The molecule has 6 nitrogen and oxygen atoms in total. The molecule has 0 aromatic heterocycles. The fourth-order valence-electron chi connectivity index (χ4n) is 3.14. The van der Waals surface area contributed by atoms with Gasteiger partial charge < -0.3 is 5.32 Å². The molecular formula is C17H27N3O3S. The number of piperidine rings is 1. The van der Waals surface area contributed by atoms with Gasteiger partial charge in [0.25, 0.3) is 0 Å². The average molecular weight is 353 g/mol. The lowest BCUT2D eigenvalue weighted by molar-refractivity contribution is -0.126. The Bertz CT molecular complexity index is 680. The van der Waals surface area contributed by atoms with Crippen LogP contribution in [0.15, 0.2) is 24.3 Å². The summed E-state index contributed by atoms with van der Waals surface area (Å²) in [5.41, 5.74) is 2.08. The second-order valence-electron chi connectivity index (χ2n) is 6.73. The zero-order valence-corrected chi connectivity index (χ0v) is 15.6. The zero-order valence-electron chi connectivity index (χ0n) is 14.8. The zero-order chi connectivity index (χ0) is 17.9. The molecule has 1 amide bonds. The number of hydrogen-bond donors (Lipinski definition) is 1. The van der Waals surface area contributed by atoms with Gasteiger partial charge in [0, 0.05) is 19.1 Å². The van der Waals surface area contributed by atoms with Gasteiger partial charge in [-0.3, -0.25) is 9.69 Å². The van der Waals surface area contributed by atoms with Crippen molar-refractivity contribution < 1.29 is 13.2 Å². The minimum Gasteiger partial charge on any atom is -0.352 e. The first-order valence-corrected chi connectivity index (χ1v) is 10.0. The fourth-order valence-corrected chi connectivity index (χ4v) is 4.01. The molecule has 1 N–H and O–H groups in total. The van der Waals surface area contributed by atoms with Crippen LogP contribution in [-0.4, -0.2) is 63.0 Å². The predicted molar refractivity (Wildman–Crippen MR) is 95.2 cm³/mol. The SMILES string of the molecule is Cc1cccc([C@@H](C(=O)NC2CCN(S(C)(=O)=O)CC2)N(C)C)c1. The molecule has 134 valence electrons. The largest absolute Gasteiger partial charge is 0.352 e. The number of carbonyl (C=O) groups excluding carboxylic acids is 1. The van der Waals surface area contributed by atoms with E-state index in [0.717, 1.165) is 11.1 Å². The van der Waals surface area contributed by atoms with E-state index in [9.17, 15) is 13.2 Å². The maximum Gasteiger partial charge on any atom is 0.242 e. The van der Waals surface area contributed by atoms with Crippen molar-refractivity contribution >= 4 is 15.9 Å². The molecule has 0 aliphatic carbocycles. The molecule has 0 bridgehead atoms. The lowest BCUT2D eigenvalue weighted by Crippen LogP contribution is -2.48. The lowest BCUT2D eigenvalue weighted by Gasteiger charge is -2.32. The highest BCUT2D eigenvalue weighted by molar-refractivity contribution is 7.88. The summed E-state index contributed by atoms with van der Waals surface area (Å²) in [6, 6.07) is 7.62. The first-order valence-electron chi connectivity index (χ1n) is 8.17. The highest BCUT2D eigenvalue weighted by Gasteiger charge is 2.29. The van der Waals surface area contributed by atoms with E-state index in [2.05, 4.69) is 5.32 Å². The molecule has 1 heterocycles. The third-order valence-electron chi connectivity index (χ3n) is 4.39. The predicted octanol–water partition coefficient (Wildman–Crippen LogP) is 1.14. The number of nitrogens with zero attached hydrogens (tertiary/aromatic N) is 2. The van der Waals surface area contributed by atoms with Crippen LogP contribution in [0.3, 0.4) is 0 Å². The Labute approximate surface area is 144 Å². The summed E-state index contributed by atoms with van der Waals surface area (Å²) >= 11 is 0. The van der Waals surface area contributed by atoms with E-state index in [1.165, 1.54) is 10.6 Å². The number of likely N-dealkylation sites (N-methyl/N-ethyl adjacent to an activating group) is 1. The topological polar surface area (TPSA) is 69.7 Å². The number of nitrogens with one attached hydrogen (secondary N) is 1. The third-order valence-corrected chi connectivity index (χ3v) is 5.70. The maximum absolute atomic E-state index is 12.8. The minimum atomic E-state index is -3.14. The number of amides is 1. The van der Waals surface area contributed by atoms with Crippen molar-refractivity contribution in [3.05, 3.63) is 35.4 Å². The van der Waals surface area contributed by atoms with Crippen molar-refractivity contribution in [3.63, 3.8) is 0 Å². The van der Waals surface area contributed by atoms with Crippen LogP contribution in [0, 0.1) is 6.92 Å². The fraction of sp³-hybridized carbons (Fsp3) is 0.588. The van der Waals surface area contributed by atoms with Gasteiger partial charge in [0.1, 0.15) is 6.04 Å². The van der Waals surface area contributed by atoms with Crippen molar-refractivity contribution in [2.24, 2.45) is 0 Å². The van der Waals surface area contributed by atoms with Gasteiger partial charge in [-0.25, -0.2) is 12.7 Å². The quantitative estimate of drug-likeness (QED) is 0.862. The smallest absolute Gasteiger partial charge is 0.242 e. The van der Waals surface area contributed by atoms with Crippen LogP contribution in [0.25, 0.3) is 0 Å². The highest BCUT2D eigenvalue weighted by Crippen LogP contribution is 2.21. The van der Waals surface area contributed by atoms with E-state index in [4.69, 9.17) is 0 Å². The Balaban J connectivity index is 2.02. The molecule has 24 heavy (non-hydrogen) atoms. The summed E-state index contributed by atoms with van der Waals surface area (Å²) in [4.78, 5) is 14.7. The van der Waals surface area contributed by atoms with Gasteiger partial charge in [-0.15, -0.1) is 0 Å². The number of benzene rings is 1. The number of aryl methyl sites for hydroxylation is 1. The van der Waals surface area contributed by atoms with Crippen LogP contribution in [0.1, 0.15) is 30.0 Å². The molecule has 1 aromatic carbocycles. The molecule has 0 saturated carbocycles. The number of sulfonamides is 1. The van der Waals surface area contributed by atoms with Crippen molar-refractivity contribution in [2.45, 2.75) is 31.8 Å². The summed E-state index contributed by atoms with van der Waals surface area (Å²) in [6.45, 7) is 2.93. The van der Waals surface area contributed by atoms with Crippen LogP contribution >= 0.6 is 0 Å². The molecule has 1 aliphatic heterocycles. The molecule has 7 heteroatoms. The van der Waals surface area contributed by atoms with E-state index < -0.39 is 10.0 Å². The van der Waals surface area contributed by atoms with Gasteiger partial charge in [0.2, 0.25) is 15.9 Å². The van der Waals surface area contributed by atoms with Gasteiger partial charge >= 0.3 is 0 Å². The molecule has 1 aliphatic rings. The summed E-state index contributed by atoms with van der Waals surface area (Å²) in [5.74, 6) is -0.0385. The number of carbonyl (C=O) groups is 1. The van der Waals surface area contributed by atoms with E-state index >= 15 is 0 Å². The van der Waals surface area contributed by atoms with Crippen LogP contribution in [0.5, 0.6) is 0 Å². The Morgan fingerprint density at radius 2 is 1.92 bits per heavy atom. The molecular weight excluding hydrogens is 326 g/mol. The van der Waals surface area contributed by atoms with Gasteiger partial charge in [0.05, 0.1) is 6.26 Å². The van der Waals surface area contributed by atoms with Crippen LogP contribution in [-0.2, 0) is 14.8 Å².